The number of rotatable bonds is 4. The monoisotopic (exact) mass is 555 g/mol. The van der Waals surface area contributed by atoms with E-state index in [-0.39, 0.29) is 22.6 Å². The molecule has 1 aromatic heterocycles. The van der Waals surface area contributed by atoms with Gasteiger partial charge in [0.15, 0.2) is 8.32 Å². The lowest BCUT2D eigenvalue weighted by atomic mass is 9.74. The Labute approximate surface area is 227 Å². The van der Waals surface area contributed by atoms with Crippen LogP contribution < -0.4 is 0 Å². The van der Waals surface area contributed by atoms with Gasteiger partial charge in [0.05, 0.1) is 17.3 Å². The van der Waals surface area contributed by atoms with Crippen LogP contribution in [0, 0.1) is 17.1 Å². The number of halogens is 4. The molecule has 206 valence electrons. The van der Waals surface area contributed by atoms with Gasteiger partial charge in [-0.15, -0.1) is 0 Å². The fourth-order valence-electron chi connectivity index (χ4n) is 5.83. The van der Waals surface area contributed by atoms with Crippen LogP contribution in [0.25, 0.3) is 11.3 Å². The Kier molecular flexibility index (Phi) is 6.59. The number of nitrogens with zero attached hydrogens (tertiary/aromatic N) is 3. The van der Waals surface area contributed by atoms with Crippen LogP contribution in [-0.4, -0.2) is 24.0 Å². The molecule has 0 radical (unpaired) electrons. The van der Waals surface area contributed by atoms with E-state index in [1.54, 1.807) is 24.0 Å². The average Bonchev–Trinajstić information content (AvgIpc) is 3.38. The smallest absolute Gasteiger partial charge is 0.280 e. The molecule has 0 bridgehead atoms. The summed E-state index contributed by atoms with van der Waals surface area (Å²) in [6.45, 7) is 9.96. The third-order valence-electron chi connectivity index (χ3n) is 8.83. The Morgan fingerprint density at radius 1 is 1.10 bits per heavy atom. The lowest BCUT2D eigenvalue weighted by molar-refractivity contribution is -0.0899. The van der Waals surface area contributed by atoms with Crippen molar-refractivity contribution >= 4 is 8.32 Å². The van der Waals surface area contributed by atoms with E-state index in [0.717, 1.165) is 12.1 Å². The van der Waals surface area contributed by atoms with Crippen LogP contribution >= 0.6 is 0 Å². The standard InChI is InChI=1S/C30H33F4N3OSi/c1-29(2,3)39(5,6)38-28-27-21(25-11-12-36-37(25)4)8-7-19(23(27)15-30(28,33)34)20-9-10-24(32)22-14-18(31)13-17(16-35)26(20)22/h7-8,11-14,20,24,28H,9-10,15H2,1-6H3/t20?,24-,28?/m0/s1. The van der Waals surface area contributed by atoms with Crippen molar-refractivity contribution in [2.45, 2.75) is 82.3 Å². The normalized spacial score (nSPS) is 22.3. The molecule has 0 N–H and O–H groups in total. The van der Waals surface area contributed by atoms with Crippen LogP contribution in [0.5, 0.6) is 0 Å². The van der Waals surface area contributed by atoms with Crippen molar-refractivity contribution < 1.29 is 22.0 Å². The average molecular weight is 556 g/mol. The zero-order valence-electron chi connectivity index (χ0n) is 23.1. The van der Waals surface area contributed by atoms with Crippen LogP contribution in [0.3, 0.4) is 0 Å². The summed E-state index contributed by atoms with van der Waals surface area (Å²) in [7, 11) is -0.867. The maximum Gasteiger partial charge on any atom is 0.280 e. The van der Waals surface area contributed by atoms with E-state index in [1.165, 1.54) is 0 Å². The van der Waals surface area contributed by atoms with Gasteiger partial charge >= 0.3 is 0 Å². The molecular formula is C30H33F4N3OSi. The first kappa shape index (κ1) is 27.6. The summed E-state index contributed by atoms with van der Waals surface area (Å²) in [4.78, 5) is 0. The summed E-state index contributed by atoms with van der Waals surface area (Å²) in [6.07, 6.45) is -1.35. The van der Waals surface area contributed by atoms with Crippen LogP contribution in [0.4, 0.5) is 17.6 Å². The number of alkyl halides is 3. The molecule has 3 atom stereocenters. The summed E-state index contributed by atoms with van der Waals surface area (Å²) in [5.41, 5.74) is 3.38. The van der Waals surface area contributed by atoms with Crippen molar-refractivity contribution in [3.05, 3.63) is 75.7 Å². The van der Waals surface area contributed by atoms with Gasteiger partial charge in [-0.1, -0.05) is 32.9 Å². The molecule has 2 aliphatic carbocycles. The number of aryl methyl sites for hydroxylation is 1. The number of benzene rings is 2. The number of hydrogen-bond acceptors (Lipinski definition) is 3. The fourth-order valence-corrected chi connectivity index (χ4v) is 7.06. The highest BCUT2D eigenvalue weighted by Gasteiger charge is 2.54. The second-order valence-electron chi connectivity index (χ2n) is 12.3. The molecule has 5 rings (SSSR count). The van der Waals surface area contributed by atoms with Gasteiger partial charge in [-0.25, -0.2) is 17.6 Å². The molecule has 1 heterocycles. The predicted molar refractivity (Wildman–Crippen MR) is 144 cm³/mol. The Morgan fingerprint density at radius 2 is 1.82 bits per heavy atom. The van der Waals surface area contributed by atoms with Gasteiger partial charge in [-0.2, -0.15) is 10.4 Å². The highest BCUT2D eigenvalue weighted by molar-refractivity contribution is 6.74. The van der Waals surface area contributed by atoms with Crippen molar-refractivity contribution in [3.8, 4) is 17.3 Å². The third-order valence-corrected chi connectivity index (χ3v) is 13.3. The summed E-state index contributed by atoms with van der Waals surface area (Å²) >= 11 is 0. The van der Waals surface area contributed by atoms with Crippen molar-refractivity contribution in [2.75, 3.05) is 0 Å². The second-order valence-corrected chi connectivity index (χ2v) is 17.1. The molecule has 39 heavy (non-hydrogen) atoms. The third kappa shape index (κ3) is 4.51. The van der Waals surface area contributed by atoms with E-state index in [2.05, 4.69) is 5.10 Å². The van der Waals surface area contributed by atoms with E-state index < -0.39 is 44.7 Å². The first-order chi connectivity index (χ1) is 18.2. The van der Waals surface area contributed by atoms with Crippen LogP contribution in [0.1, 0.15) is 85.2 Å². The summed E-state index contributed by atoms with van der Waals surface area (Å²) in [5.74, 6) is -4.37. The van der Waals surface area contributed by atoms with Crippen LogP contribution in [0.15, 0.2) is 36.5 Å². The van der Waals surface area contributed by atoms with E-state index in [0.29, 0.717) is 39.9 Å². The number of hydrogen-bond donors (Lipinski definition) is 0. The molecule has 0 saturated carbocycles. The minimum atomic E-state index is -3.18. The summed E-state index contributed by atoms with van der Waals surface area (Å²) < 4.78 is 69.5. The Hall–Kier alpha value is -2.96. The quantitative estimate of drug-likeness (QED) is 0.240. The molecule has 2 aromatic carbocycles. The summed E-state index contributed by atoms with van der Waals surface area (Å²) in [5, 5.41) is 13.8. The van der Waals surface area contributed by atoms with Crippen molar-refractivity contribution in [1.82, 2.24) is 9.78 Å². The minimum Gasteiger partial charge on any atom is -0.404 e. The van der Waals surface area contributed by atoms with Gasteiger partial charge in [-0.05, 0) is 77.0 Å². The fraction of sp³-hybridized carbons (Fsp3) is 0.467. The summed E-state index contributed by atoms with van der Waals surface area (Å²) in [6, 6.07) is 9.66. The van der Waals surface area contributed by atoms with Crippen LogP contribution in [-0.2, 0) is 17.9 Å². The molecule has 0 saturated heterocycles. The van der Waals surface area contributed by atoms with Crippen molar-refractivity contribution in [1.29, 1.82) is 5.26 Å². The van der Waals surface area contributed by atoms with Gasteiger partial charge in [0.25, 0.3) is 5.92 Å². The first-order valence-electron chi connectivity index (χ1n) is 13.2. The second kappa shape index (κ2) is 9.31. The maximum atomic E-state index is 16.1. The molecule has 2 unspecified atom stereocenters. The Balaban J connectivity index is 1.76. The number of fused-ring (bicyclic) bond motifs is 2. The molecule has 2 aliphatic rings. The molecule has 9 heteroatoms. The topological polar surface area (TPSA) is 50.8 Å². The predicted octanol–water partition coefficient (Wildman–Crippen LogP) is 8.29. The zero-order valence-corrected chi connectivity index (χ0v) is 24.1. The van der Waals surface area contributed by atoms with Crippen LogP contribution in [0.2, 0.25) is 18.1 Å². The molecular weight excluding hydrogens is 522 g/mol. The largest absolute Gasteiger partial charge is 0.404 e. The van der Waals surface area contributed by atoms with Gasteiger partial charge in [-0.3, -0.25) is 4.68 Å². The van der Waals surface area contributed by atoms with E-state index in [1.807, 2.05) is 52.1 Å². The number of nitriles is 1. The SMILES string of the molecule is Cn1nccc1-c1ccc(C2CC[C@H](F)c3cc(F)cc(C#N)c32)c2c1C(O[Si](C)(C)C(C)(C)C)C(F)(F)C2. The van der Waals surface area contributed by atoms with E-state index in [9.17, 15) is 14.0 Å². The lowest BCUT2D eigenvalue weighted by Crippen LogP contribution is -2.44. The minimum absolute atomic E-state index is 0.0423. The van der Waals surface area contributed by atoms with E-state index in [4.69, 9.17) is 4.43 Å². The maximum absolute atomic E-state index is 16.1. The van der Waals surface area contributed by atoms with Gasteiger partial charge in [0.1, 0.15) is 18.1 Å². The lowest BCUT2D eigenvalue weighted by Gasteiger charge is -2.40. The van der Waals surface area contributed by atoms with E-state index >= 15 is 8.78 Å². The highest BCUT2D eigenvalue weighted by Crippen LogP contribution is 2.56. The molecule has 4 nitrogen and oxygen atoms in total. The molecule has 0 spiro atoms. The van der Waals surface area contributed by atoms with Gasteiger partial charge in [0.2, 0.25) is 0 Å². The number of aromatic nitrogens is 2. The first-order valence-corrected chi connectivity index (χ1v) is 16.1. The Morgan fingerprint density at radius 3 is 2.44 bits per heavy atom. The zero-order chi connectivity index (χ0) is 28.5. The van der Waals surface area contributed by atoms with Gasteiger partial charge in [0, 0.05) is 31.1 Å². The van der Waals surface area contributed by atoms with Gasteiger partial charge < -0.3 is 4.43 Å². The molecule has 0 aliphatic heterocycles. The highest BCUT2D eigenvalue weighted by atomic mass is 28.4. The van der Waals surface area contributed by atoms with Crippen molar-refractivity contribution in [2.24, 2.45) is 7.05 Å². The molecule has 3 aromatic rings. The van der Waals surface area contributed by atoms with Crippen molar-refractivity contribution in [3.63, 3.8) is 0 Å². The molecule has 0 amide bonds. The Bertz CT molecular complexity index is 1480. The molecule has 0 fully saturated rings.